The van der Waals surface area contributed by atoms with Gasteiger partial charge in [-0.25, -0.2) is 4.79 Å². The number of rotatable bonds is 2. The molecule has 0 unspecified atom stereocenters. The number of aliphatic hydroxyl groups excluding tert-OH is 1. The maximum Gasteiger partial charge on any atom is 0.428 e. The molecule has 0 aliphatic rings. The number of nitrogens with two attached hydrogens (primary N) is 1. The van der Waals surface area contributed by atoms with Gasteiger partial charge < -0.3 is 15.4 Å². The number of carbonyl (C=O) groups is 1. The maximum atomic E-state index is 10.1. The molecular weight excluding hydrogens is 109 g/mol. The monoisotopic (exact) mass is 115 g/mol. The lowest BCUT2D eigenvalue weighted by Crippen LogP contribution is -2.16. The van der Waals surface area contributed by atoms with Crippen LogP contribution >= 0.6 is 0 Å². The summed E-state index contributed by atoms with van der Waals surface area (Å²) >= 11 is 0. The summed E-state index contributed by atoms with van der Waals surface area (Å²) in [7, 11) is -0.238. The molecule has 4 nitrogen and oxygen atoms in total. The van der Waals surface area contributed by atoms with Crippen molar-refractivity contribution in [3.63, 3.8) is 0 Å². The molecule has 0 rings (SSSR count). The summed E-state index contributed by atoms with van der Waals surface area (Å²) in [5, 5.41) is 8.23. The van der Waals surface area contributed by atoms with Gasteiger partial charge in [0.25, 0.3) is 0 Å². The van der Waals surface area contributed by atoms with Crippen LogP contribution in [0.5, 0.6) is 0 Å². The Kier molecular flexibility index (Phi) is 2.72. The standard InChI is InChI=1S/C3H6BNO3/c1-2(6)3(7)8-4-5/h4,6H,1,5H2. The quantitative estimate of drug-likeness (QED) is 0.270. The molecule has 0 aromatic heterocycles. The molecule has 0 spiro atoms. The minimum absolute atomic E-state index is 0.238. The maximum absolute atomic E-state index is 10.1. The number of aliphatic hydroxyl groups is 1. The lowest BCUT2D eigenvalue weighted by Gasteiger charge is -1.95. The van der Waals surface area contributed by atoms with Crippen molar-refractivity contribution in [1.82, 2.24) is 0 Å². The molecule has 0 amide bonds. The lowest BCUT2D eigenvalue weighted by atomic mass is 10.3. The van der Waals surface area contributed by atoms with Crippen molar-refractivity contribution in [2.45, 2.75) is 0 Å². The van der Waals surface area contributed by atoms with Gasteiger partial charge in [-0.2, -0.15) is 0 Å². The molecule has 44 valence electrons. The Morgan fingerprint density at radius 3 is 2.50 bits per heavy atom. The third-order valence-electron chi connectivity index (χ3n) is 0.450. The zero-order valence-electron chi connectivity index (χ0n) is 4.26. The first-order valence-electron chi connectivity index (χ1n) is 1.93. The highest BCUT2D eigenvalue weighted by atomic mass is 16.5. The van der Waals surface area contributed by atoms with E-state index in [2.05, 4.69) is 11.2 Å². The number of hydrogen-bond acceptors (Lipinski definition) is 4. The fourth-order valence-electron chi connectivity index (χ4n) is 0.159. The summed E-state index contributed by atoms with van der Waals surface area (Å²) < 4.78 is 4.09. The van der Waals surface area contributed by atoms with Gasteiger partial charge in [0.1, 0.15) is 0 Å². The van der Waals surface area contributed by atoms with Crippen LogP contribution in [-0.4, -0.2) is 18.7 Å². The molecule has 0 aliphatic carbocycles. The Morgan fingerprint density at radius 1 is 1.88 bits per heavy atom. The Bertz CT molecular complexity index is 113. The van der Waals surface area contributed by atoms with Crippen LogP contribution in [0.4, 0.5) is 0 Å². The van der Waals surface area contributed by atoms with Crippen LogP contribution < -0.4 is 5.64 Å². The molecule has 8 heavy (non-hydrogen) atoms. The van der Waals surface area contributed by atoms with Crippen LogP contribution in [0.25, 0.3) is 0 Å². The summed E-state index contributed by atoms with van der Waals surface area (Å²) in [5.74, 6) is -1.51. The SMILES string of the molecule is C=C(O)C(=O)OBN. The van der Waals surface area contributed by atoms with Gasteiger partial charge in [-0.05, 0) is 6.58 Å². The minimum atomic E-state index is -0.882. The summed E-state index contributed by atoms with van der Waals surface area (Å²) in [6.07, 6.45) is 0. The van der Waals surface area contributed by atoms with Crippen molar-refractivity contribution >= 4 is 13.6 Å². The van der Waals surface area contributed by atoms with Gasteiger partial charge in [0, 0.05) is 0 Å². The third kappa shape index (κ3) is 2.25. The zero-order chi connectivity index (χ0) is 6.57. The first-order valence-corrected chi connectivity index (χ1v) is 1.93. The molecular formula is C3H6BNO3. The summed E-state index contributed by atoms with van der Waals surface area (Å²) in [5.41, 5.74) is 4.77. The van der Waals surface area contributed by atoms with E-state index in [0.717, 1.165) is 0 Å². The molecule has 0 bridgehead atoms. The van der Waals surface area contributed by atoms with Crippen LogP contribution in [0.2, 0.25) is 0 Å². The van der Waals surface area contributed by atoms with Gasteiger partial charge in [-0.15, -0.1) is 0 Å². The second-order valence-electron chi connectivity index (χ2n) is 1.05. The Labute approximate surface area is 47.2 Å². The van der Waals surface area contributed by atoms with E-state index >= 15 is 0 Å². The molecule has 0 aliphatic heterocycles. The first-order chi connectivity index (χ1) is 3.68. The van der Waals surface area contributed by atoms with Crippen LogP contribution in [-0.2, 0) is 9.45 Å². The average Bonchev–Trinajstić information content (AvgIpc) is 1.67. The predicted molar refractivity (Wildman–Crippen MR) is 29.2 cm³/mol. The van der Waals surface area contributed by atoms with Crippen molar-refractivity contribution in [3.05, 3.63) is 12.3 Å². The van der Waals surface area contributed by atoms with Gasteiger partial charge in [0.05, 0.1) is 0 Å². The van der Waals surface area contributed by atoms with Gasteiger partial charge in [0.15, 0.2) is 5.76 Å². The lowest BCUT2D eigenvalue weighted by molar-refractivity contribution is -0.132. The van der Waals surface area contributed by atoms with Gasteiger partial charge in [0.2, 0.25) is 0 Å². The normalized spacial score (nSPS) is 7.62. The highest BCUT2D eigenvalue weighted by Crippen LogP contribution is 1.83. The Balaban J connectivity index is 3.49. The summed E-state index contributed by atoms with van der Waals surface area (Å²) in [6.45, 7) is 2.90. The molecule has 0 fully saturated rings. The second kappa shape index (κ2) is 3.09. The van der Waals surface area contributed by atoms with Crippen molar-refractivity contribution < 1.29 is 14.6 Å². The molecule has 0 saturated carbocycles. The van der Waals surface area contributed by atoms with E-state index in [1.165, 1.54) is 0 Å². The van der Waals surface area contributed by atoms with E-state index in [4.69, 9.17) is 10.8 Å². The van der Waals surface area contributed by atoms with E-state index in [1.54, 1.807) is 0 Å². The predicted octanol–water partition coefficient (Wildman–Crippen LogP) is -1.17. The zero-order valence-corrected chi connectivity index (χ0v) is 4.26. The Hall–Kier alpha value is -0.965. The minimum Gasteiger partial charge on any atom is -0.518 e. The van der Waals surface area contributed by atoms with Crippen molar-refractivity contribution in [1.29, 1.82) is 0 Å². The summed E-state index contributed by atoms with van der Waals surface area (Å²) in [6, 6.07) is 0. The van der Waals surface area contributed by atoms with E-state index in [-0.39, 0.29) is 7.62 Å². The van der Waals surface area contributed by atoms with Crippen LogP contribution in [0.15, 0.2) is 12.3 Å². The topological polar surface area (TPSA) is 72.5 Å². The smallest absolute Gasteiger partial charge is 0.428 e. The molecule has 0 heterocycles. The van der Waals surface area contributed by atoms with Crippen molar-refractivity contribution in [3.8, 4) is 0 Å². The van der Waals surface area contributed by atoms with Gasteiger partial charge >= 0.3 is 13.6 Å². The second-order valence-corrected chi connectivity index (χ2v) is 1.05. The van der Waals surface area contributed by atoms with E-state index in [1.807, 2.05) is 0 Å². The van der Waals surface area contributed by atoms with Crippen LogP contribution in [0, 0.1) is 0 Å². The van der Waals surface area contributed by atoms with Crippen LogP contribution in [0.1, 0.15) is 0 Å². The van der Waals surface area contributed by atoms with Crippen molar-refractivity contribution in [2.75, 3.05) is 0 Å². The van der Waals surface area contributed by atoms with E-state index in [9.17, 15) is 4.79 Å². The molecule has 5 heteroatoms. The molecule has 0 aromatic rings. The van der Waals surface area contributed by atoms with Crippen LogP contribution in [0.3, 0.4) is 0 Å². The summed E-state index contributed by atoms with van der Waals surface area (Å²) in [4.78, 5) is 10.1. The molecule has 0 atom stereocenters. The van der Waals surface area contributed by atoms with Crippen molar-refractivity contribution in [2.24, 2.45) is 5.64 Å². The van der Waals surface area contributed by atoms with Gasteiger partial charge in [-0.1, -0.05) is 0 Å². The molecule has 3 N–H and O–H groups in total. The Morgan fingerprint density at radius 2 is 2.38 bits per heavy atom. The average molecular weight is 115 g/mol. The number of carbonyl (C=O) groups excluding carboxylic acids is 1. The van der Waals surface area contributed by atoms with E-state index in [0.29, 0.717) is 0 Å². The fourth-order valence-corrected chi connectivity index (χ4v) is 0.159. The highest BCUT2D eigenvalue weighted by molar-refractivity contribution is 6.26. The largest absolute Gasteiger partial charge is 0.518 e. The van der Waals surface area contributed by atoms with Gasteiger partial charge in [-0.3, -0.25) is 0 Å². The highest BCUT2D eigenvalue weighted by Gasteiger charge is 2.02. The third-order valence-corrected chi connectivity index (χ3v) is 0.450. The molecule has 0 aromatic carbocycles. The molecule has 0 radical (unpaired) electrons. The number of hydrogen-bond donors (Lipinski definition) is 2. The first kappa shape index (κ1) is 7.03. The fraction of sp³-hybridized carbons (Fsp3) is 0. The van der Waals surface area contributed by atoms with E-state index < -0.39 is 11.7 Å². The molecule has 0 saturated heterocycles.